The first-order valence-electron chi connectivity index (χ1n) is 6.73. The molecule has 1 aliphatic rings. The maximum atomic E-state index is 14.0. The van der Waals surface area contributed by atoms with Gasteiger partial charge in [-0.2, -0.15) is 0 Å². The second-order valence-electron chi connectivity index (χ2n) is 5.50. The van der Waals surface area contributed by atoms with Crippen LogP contribution in [-0.2, 0) is 4.74 Å². The van der Waals surface area contributed by atoms with Gasteiger partial charge in [-0.3, -0.25) is 0 Å². The fraction of sp³-hybridized carbons (Fsp3) is 0.600. The van der Waals surface area contributed by atoms with E-state index >= 15 is 0 Å². The van der Waals surface area contributed by atoms with Crippen LogP contribution in [0.5, 0.6) is 0 Å². The average Bonchev–Trinajstić information content (AvgIpc) is 2.34. The predicted octanol–water partition coefficient (Wildman–Crippen LogP) is 4.27. The lowest BCUT2D eigenvalue weighted by Gasteiger charge is -2.33. The van der Waals surface area contributed by atoms with E-state index in [1.54, 1.807) is 0 Å². The Bertz CT molecular complexity index is 416. The molecule has 1 aromatic carbocycles. The first kappa shape index (κ1) is 14.4. The van der Waals surface area contributed by atoms with E-state index in [1.165, 1.54) is 0 Å². The SMILES string of the molecule is CC(C)C(c1c(F)cc(F)cc1F)C1CCOCC1. The summed E-state index contributed by atoms with van der Waals surface area (Å²) in [5.74, 6) is -2.37. The van der Waals surface area contributed by atoms with Crippen LogP contribution in [0.2, 0.25) is 0 Å². The molecule has 2 rings (SSSR count). The van der Waals surface area contributed by atoms with Crippen molar-refractivity contribution in [2.75, 3.05) is 13.2 Å². The van der Waals surface area contributed by atoms with E-state index in [1.807, 2.05) is 13.8 Å². The van der Waals surface area contributed by atoms with E-state index in [-0.39, 0.29) is 23.3 Å². The molecular formula is C15H19F3O. The Labute approximate surface area is 111 Å². The summed E-state index contributed by atoms with van der Waals surface area (Å²) in [7, 11) is 0. The minimum atomic E-state index is -0.867. The van der Waals surface area contributed by atoms with Crippen LogP contribution >= 0.6 is 0 Å². The zero-order valence-corrected chi connectivity index (χ0v) is 11.3. The second-order valence-corrected chi connectivity index (χ2v) is 5.50. The van der Waals surface area contributed by atoms with Crippen LogP contribution in [0.3, 0.4) is 0 Å². The van der Waals surface area contributed by atoms with Gasteiger partial charge >= 0.3 is 0 Å². The summed E-state index contributed by atoms with van der Waals surface area (Å²) in [5.41, 5.74) is 0.0308. The fourth-order valence-electron chi connectivity index (χ4n) is 3.06. The molecule has 0 amide bonds. The number of benzene rings is 1. The molecule has 0 bridgehead atoms. The van der Waals surface area contributed by atoms with Gasteiger partial charge in [0.1, 0.15) is 17.5 Å². The Hall–Kier alpha value is -1.03. The van der Waals surface area contributed by atoms with Crippen molar-refractivity contribution in [1.82, 2.24) is 0 Å². The minimum absolute atomic E-state index is 0.0308. The quantitative estimate of drug-likeness (QED) is 0.798. The molecule has 1 atom stereocenters. The zero-order chi connectivity index (χ0) is 14.0. The minimum Gasteiger partial charge on any atom is -0.381 e. The van der Waals surface area contributed by atoms with E-state index in [2.05, 4.69) is 0 Å². The standard InChI is InChI=1S/C15H19F3O/c1-9(2)14(10-3-5-19-6-4-10)15-12(17)7-11(16)8-13(15)18/h7-10,14H,3-6H2,1-2H3. The molecule has 1 saturated heterocycles. The smallest absolute Gasteiger partial charge is 0.132 e. The molecule has 1 nitrogen and oxygen atoms in total. The number of hydrogen-bond acceptors (Lipinski definition) is 1. The molecule has 1 aliphatic heterocycles. The van der Waals surface area contributed by atoms with Gasteiger partial charge in [0.15, 0.2) is 0 Å². The molecule has 0 spiro atoms. The molecule has 4 heteroatoms. The highest BCUT2D eigenvalue weighted by molar-refractivity contribution is 5.26. The highest BCUT2D eigenvalue weighted by atomic mass is 19.1. The highest BCUT2D eigenvalue weighted by Gasteiger charge is 2.32. The van der Waals surface area contributed by atoms with Gasteiger partial charge in [0.05, 0.1) is 0 Å². The van der Waals surface area contributed by atoms with E-state index in [0.29, 0.717) is 13.2 Å². The van der Waals surface area contributed by atoms with Crippen molar-refractivity contribution in [3.63, 3.8) is 0 Å². The van der Waals surface area contributed by atoms with Gasteiger partial charge in [-0.15, -0.1) is 0 Å². The predicted molar refractivity (Wildman–Crippen MR) is 67.4 cm³/mol. The molecule has 106 valence electrons. The Kier molecular flexibility index (Phi) is 4.50. The zero-order valence-electron chi connectivity index (χ0n) is 11.3. The van der Waals surface area contributed by atoms with Crippen LogP contribution in [0.15, 0.2) is 12.1 Å². The van der Waals surface area contributed by atoms with Crippen molar-refractivity contribution in [3.8, 4) is 0 Å². The molecular weight excluding hydrogens is 253 g/mol. The van der Waals surface area contributed by atoms with Gasteiger partial charge in [0, 0.05) is 30.9 Å². The Balaban J connectivity index is 2.38. The fourth-order valence-corrected chi connectivity index (χ4v) is 3.06. The molecule has 0 radical (unpaired) electrons. The number of rotatable bonds is 3. The number of halogens is 3. The van der Waals surface area contributed by atoms with E-state index in [9.17, 15) is 13.2 Å². The van der Waals surface area contributed by atoms with Gasteiger partial charge in [-0.05, 0) is 30.6 Å². The Morgan fingerprint density at radius 3 is 2.05 bits per heavy atom. The topological polar surface area (TPSA) is 9.23 Å². The van der Waals surface area contributed by atoms with Crippen LogP contribution in [0, 0.1) is 29.3 Å². The third-order valence-electron chi connectivity index (χ3n) is 3.87. The molecule has 1 aromatic rings. The summed E-state index contributed by atoms with van der Waals surface area (Å²) in [6, 6.07) is 1.54. The summed E-state index contributed by atoms with van der Waals surface area (Å²) < 4.78 is 46.2. The summed E-state index contributed by atoms with van der Waals surface area (Å²) in [5, 5.41) is 0. The van der Waals surface area contributed by atoms with Crippen LogP contribution in [-0.4, -0.2) is 13.2 Å². The Morgan fingerprint density at radius 1 is 1.05 bits per heavy atom. The molecule has 1 fully saturated rings. The lowest BCUT2D eigenvalue weighted by Crippen LogP contribution is -2.27. The van der Waals surface area contributed by atoms with E-state index in [4.69, 9.17) is 4.74 Å². The van der Waals surface area contributed by atoms with Crippen LogP contribution in [0.4, 0.5) is 13.2 Å². The Morgan fingerprint density at radius 2 is 1.58 bits per heavy atom. The lowest BCUT2D eigenvalue weighted by atomic mass is 9.74. The van der Waals surface area contributed by atoms with Crippen molar-refractivity contribution < 1.29 is 17.9 Å². The average molecular weight is 272 g/mol. The third kappa shape index (κ3) is 3.11. The van der Waals surface area contributed by atoms with Crippen molar-refractivity contribution in [2.45, 2.75) is 32.6 Å². The third-order valence-corrected chi connectivity index (χ3v) is 3.87. The lowest BCUT2D eigenvalue weighted by molar-refractivity contribution is 0.0511. The van der Waals surface area contributed by atoms with Gasteiger partial charge in [0.25, 0.3) is 0 Å². The number of ether oxygens (including phenoxy) is 1. The van der Waals surface area contributed by atoms with Gasteiger partial charge < -0.3 is 4.74 Å². The van der Waals surface area contributed by atoms with Gasteiger partial charge in [-0.1, -0.05) is 13.8 Å². The normalized spacial score (nSPS) is 18.8. The molecule has 1 heterocycles. The van der Waals surface area contributed by atoms with E-state index in [0.717, 1.165) is 25.0 Å². The highest BCUT2D eigenvalue weighted by Crippen LogP contribution is 2.40. The summed E-state index contributed by atoms with van der Waals surface area (Å²) in [6.07, 6.45) is 1.58. The number of hydrogen-bond donors (Lipinski definition) is 0. The van der Waals surface area contributed by atoms with Crippen LogP contribution in [0.25, 0.3) is 0 Å². The largest absolute Gasteiger partial charge is 0.381 e. The summed E-state index contributed by atoms with van der Waals surface area (Å²) in [6.45, 7) is 5.14. The van der Waals surface area contributed by atoms with Crippen molar-refractivity contribution >= 4 is 0 Å². The molecule has 0 aliphatic carbocycles. The first-order chi connectivity index (χ1) is 9.00. The van der Waals surface area contributed by atoms with Gasteiger partial charge in [-0.25, -0.2) is 13.2 Å². The molecule has 0 saturated carbocycles. The maximum Gasteiger partial charge on any atom is 0.132 e. The molecule has 0 aromatic heterocycles. The van der Waals surface area contributed by atoms with Crippen molar-refractivity contribution in [2.24, 2.45) is 11.8 Å². The van der Waals surface area contributed by atoms with Crippen molar-refractivity contribution in [3.05, 3.63) is 35.1 Å². The van der Waals surface area contributed by atoms with Crippen LogP contribution in [0.1, 0.15) is 38.2 Å². The molecule has 19 heavy (non-hydrogen) atoms. The first-order valence-corrected chi connectivity index (χ1v) is 6.73. The van der Waals surface area contributed by atoms with E-state index < -0.39 is 17.5 Å². The van der Waals surface area contributed by atoms with Crippen molar-refractivity contribution in [1.29, 1.82) is 0 Å². The summed E-state index contributed by atoms with van der Waals surface area (Å²) >= 11 is 0. The monoisotopic (exact) mass is 272 g/mol. The summed E-state index contributed by atoms with van der Waals surface area (Å²) in [4.78, 5) is 0. The van der Waals surface area contributed by atoms with Crippen LogP contribution < -0.4 is 0 Å². The maximum absolute atomic E-state index is 14.0. The molecule has 1 unspecified atom stereocenters. The molecule has 0 N–H and O–H groups in total. The van der Waals surface area contributed by atoms with Gasteiger partial charge in [0.2, 0.25) is 0 Å². The second kappa shape index (κ2) is 5.95.